The Morgan fingerprint density at radius 3 is 2.41 bits per heavy atom. The van der Waals surface area contributed by atoms with Crippen LogP contribution < -0.4 is 30.9 Å². The zero-order valence-corrected chi connectivity index (χ0v) is 42.0. The van der Waals surface area contributed by atoms with Gasteiger partial charge in [0, 0.05) is 125 Å². The first-order valence-electron chi connectivity index (χ1n) is 25.6. The molecule has 4 amide bonds. The van der Waals surface area contributed by atoms with Crippen LogP contribution in [0.1, 0.15) is 94.5 Å². The van der Waals surface area contributed by atoms with Gasteiger partial charge in [-0.15, -0.1) is 0 Å². The molecule has 0 bridgehead atoms. The number of aliphatic hydroxyl groups excluding tert-OH is 1. The largest absolute Gasteiger partial charge is 0.392 e. The van der Waals surface area contributed by atoms with Crippen LogP contribution in [0.4, 0.5) is 34.4 Å². The molecule has 0 saturated carbocycles. The number of carbonyl (C=O) groups is 4. The van der Waals surface area contributed by atoms with E-state index in [-0.39, 0.29) is 52.5 Å². The maximum absolute atomic E-state index is 14.1. The number of imide groups is 1. The van der Waals surface area contributed by atoms with Crippen LogP contribution in [0.2, 0.25) is 0 Å². The third-order valence-corrected chi connectivity index (χ3v) is 15.9. The average molecular weight is 990 g/mol. The summed E-state index contributed by atoms with van der Waals surface area (Å²) < 4.78 is 9.04. The molecule has 3 fully saturated rings. The highest BCUT2D eigenvalue weighted by Gasteiger charge is 2.42. The molecule has 0 radical (unpaired) electrons. The van der Waals surface area contributed by atoms with Crippen LogP contribution in [0.15, 0.2) is 78.4 Å². The molecule has 5 aromatic rings. The molecule has 1 atom stereocenters. The first-order chi connectivity index (χ1) is 35.2. The van der Waals surface area contributed by atoms with Gasteiger partial charge in [-0.05, 0) is 111 Å². The number of hydrogen-bond acceptors (Lipinski definition) is 13. The minimum atomic E-state index is -0.414. The van der Waals surface area contributed by atoms with Crippen molar-refractivity contribution in [3.05, 3.63) is 118 Å². The van der Waals surface area contributed by atoms with E-state index in [2.05, 4.69) is 62.2 Å². The number of piperazine rings is 1. The number of nitrogens with one attached hydrogen (secondary N) is 2. The van der Waals surface area contributed by atoms with E-state index < -0.39 is 6.61 Å². The summed E-state index contributed by atoms with van der Waals surface area (Å²) in [7, 11) is 1.63. The maximum Gasteiger partial charge on any atom is 0.293 e. The lowest BCUT2D eigenvalue weighted by atomic mass is 9.90. The van der Waals surface area contributed by atoms with Gasteiger partial charge < -0.3 is 39.4 Å². The summed E-state index contributed by atoms with van der Waals surface area (Å²) in [5, 5.41) is 17.1. The highest BCUT2D eigenvalue weighted by molar-refractivity contribution is 6.22. The molecule has 18 nitrogen and oxygen atoms in total. The number of aromatic nitrogens is 4. The van der Waals surface area contributed by atoms with E-state index in [4.69, 9.17) is 9.72 Å². The van der Waals surface area contributed by atoms with Gasteiger partial charge in [-0.1, -0.05) is 20.4 Å². The third kappa shape index (κ3) is 8.78. The van der Waals surface area contributed by atoms with Crippen LogP contribution in [0.25, 0.3) is 11.3 Å². The van der Waals surface area contributed by atoms with Gasteiger partial charge in [0.05, 0.1) is 34.8 Å². The number of carbonyl (C=O) groups excluding carboxylic acids is 4. The molecule has 6 aliphatic rings. The molecule has 380 valence electrons. The van der Waals surface area contributed by atoms with E-state index in [0.29, 0.717) is 96.0 Å². The van der Waals surface area contributed by atoms with Gasteiger partial charge in [-0.25, -0.2) is 9.97 Å². The fourth-order valence-electron chi connectivity index (χ4n) is 12.2. The van der Waals surface area contributed by atoms with Crippen molar-refractivity contribution in [1.82, 2.24) is 28.9 Å². The van der Waals surface area contributed by atoms with Crippen LogP contribution in [0, 0.1) is 5.41 Å². The van der Waals surface area contributed by atoms with Crippen molar-refractivity contribution in [2.75, 3.05) is 77.8 Å². The molecule has 2 aromatic carbocycles. The first kappa shape index (κ1) is 48.1. The van der Waals surface area contributed by atoms with Crippen molar-refractivity contribution in [2.45, 2.75) is 90.6 Å². The molecule has 3 saturated heterocycles. The van der Waals surface area contributed by atoms with Crippen LogP contribution in [0.5, 0.6) is 0 Å². The van der Waals surface area contributed by atoms with E-state index in [0.717, 1.165) is 69.8 Å². The number of aryl methyl sites for hydroxylation is 1. The molecule has 73 heavy (non-hydrogen) atoms. The summed E-state index contributed by atoms with van der Waals surface area (Å²) in [5.41, 5.74) is 8.04. The van der Waals surface area contributed by atoms with Gasteiger partial charge in [0.2, 0.25) is 5.91 Å². The van der Waals surface area contributed by atoms with E-state index in [1.807, 2.05) is 36.4 Å². The number of anilines is 6. The second kappa shape index (κ2) is 19.0. The average Bonchev–Trinajstić information content (AvgIpc) is 3.98. The minimum absolute atomic E-state index is 0.0327. The quantitative estimate of drug-likeness (QED) is 0.107. The second-order valence-corrected chi connectivity index (χ2v) is 21.2. The molecule has 3 aromatic heterocycles. The molecular weight excluding hydrogens is 927 g/mol. The molecule has 11 rings (SSSR count). The number of hydrogen-bond donors (Lipinski definition) is 3. The van der Waals surface area contributed by atoms with Crippen LogP contribution in [-0.2, 0) is 42.6 Å². The summed E-state index contributed by atoms with van der Waals surface area (Å²) in [4.78, 5) is 87.2. The Labute approximate surface area is 424 Å². The molecule has 3 N–H and O–H groups in total. The van der Waals surface area contributed by atoms with Gasteiger partial charge in [-0.2, -0.15) is 0 Å². The van der Waals surface area contributed by atoms with E-state index >= 15 is 0 Å². The van der Waals surface area contributed by atoms with Crippen LogP contribution in [-0.4, -0.2) is 128 Å². The van der Waals surface area contributed by atoms with Crippen LogP contribution >= 0.6 is 0 Å². The van der Waals surface area contributed by atoms with Gasteiger partial charge in [0.1, 0.15) is 11.5 Å². The van der Waals surface area contributed by atoms with Crippen molar-refractivity contribution in [3.63, 3.8) is 0 Å². The van der Waals surface area contributed by atoms with Crippen molar-refractivity contribution >= 4 is 58.0 Å². The van der Waals surface area contributed by atoms with Gasteiger partial charge >= 0.3 is 0 Å². The molecule has 0 spiro atoms. The topological polar surface area (TPSA) is 191 Å². The number of pyridine rings is 1. The predicted molar refractivity (Wildman–Crippen MR) is 279 cm³/mol. The van der Waals surface area contributed by atoms with Crippen molar-refractivity contribution in [3.8, 4) is 11.3 Å². The molecule has 5 aliphatic heterocycles. The molecule has 18 heteroatoms. The van der Waals surface area contributed by atoms with Crippen molar-refractivity contribution in [1.29, 1.82) is 0 Å². The van der Waals surface area contributed by atoms with Gasteiger partial charge in [-0.3, -0.25) is 38.7 Å². The Bertz CT molecular complexity index is 3130. The number of fused-ring (bicyclic) bond motifs is 4. The van der Waals surface area contributed by atoms with Gasteiger partial charge in [0.25, 0.3) is 23.3 Å². The SMILES string of the molecule is C=CC(=O)Nc1cc(Nc2nc(-c3ccnc(N4CCn5c(cc6c5CC(C)(C)C6)C4=O)c3CO)cn(C)c2=O)ccc1N1CCN(C2CCN(c3ccc4c(c3)C(=O)N(C3CCOCC3)C4=O)CC2)CC1C. The Morgan fingerprint density at radius 1 is 0.877 bits per heavy atom. The number of ether oxygens (including phenoxy) is 1. The molecule has 1 unspecified atom stereocenters. The lowest BCUT2D eigenvalue weighted by molar-refractivity contribution is -0.111. The lowest BCUT2D eigenvalue weighted by Crippen LogP contribution is -2.57. The summed E-state index contributed by atoms with van der Waals surface area (Å²) in [5.74, 6) is -0.563. The summed E-state index contributed by atoms with van der Waals surface area (Å²) in [6.07, 6.45) is 9.51. The summed E-state index contributed by atoms with van der Waals surface area (Å²) in [6, 6.07) is 15.4. The molecule has 8 heterocycles. The Morgan fingerprint density at radius 2 is 1.66 bits per heavy atom. The number of amides is 4. The standard InChI is InChI=1S/C55H63N11O7/c1-6-48(68)58-43-26-35(57-49-54(72)60(5)31-44(59-49)39-11-16-56-50(42(39)32-67)65-22-21-64-46(53(65)71)25-34-28-55(3,4)29-47(34)64)7-10-45(43)63-20-19-62(30-33(63)2)36-12-17-61(18-13-36)38-8-9-40-41(27-38)52(70)66(51(40)69)37-14-23-73-24-15-37/h6-11,16,25-27,31,33,36-37,67H,1,12-15,17-24,28-30,32H2,2-5H3,(H,57,59)(H,58,68). The van der Waals surface area contributed by atoms with Crippen molar-refractivity contribution < 1.29 is 29.0 Å². The first-order valence-corrected chi connectivity index (χ1v) is 25.6. The zero-order chi connectivity index (χ0) is 50.9. The fourth-order valence-corrected chi connectivity index (χ4v) is 12.2. The summed E-state index contributed by atoms with van der Waals surface area (Å²) >= 11 is 0. The fraction of sp³-hybridized carbons (Fsp3) is 0.436. The van der Waals surface area contributed by atoms with Gasteiger partial charge in [0.15, 0.2) is 5.82 Å². The highest BCUT2D eigenvalue weighted by Crippen LogP contribution is 2.41. The summed E-state index contributed by atoms with van der Waals surface area (Å²) in [6.45, 7) is 16.1. The van der Waals surface area contributed by atoms with E-state index in [1.54, 1.807) is 36.5 Å². The minimum Gasteiger partial charge on any atom is -0.392 e. The number of piperidine rings is 1. The Balaban J connectivity index is 0.772. The monoisotopic (exact) mass is 989 g/mol. The zero-order valence-electron chi connectivity index (χ0n) is 42.0. The number of aliphatic hydroxyl groups is 1. The second-order valence-electron chi connectivity index (χ2n) is 21.2. The molecule has 1 aliphatic carbocycles. The number of benzene rings is 2. The smallest absolute Gasteiger partial charge is 0.293 e. The Hall–Kier alpha value is -7.15. The third-order valence-electron chi connectivity index (χ3n) is 15.9. The van der Waals surface area contributed by atoms with E-state index in [1.165, 1.54) is 26.8 Å². The van der Waals surface area contributed by atoms with E-state index in [9.17, 15) is 29.1 Å². The lowest BCUT2D eigenvalue weighted by Gasteiger charge is -2.47. The molecular formula is C55H63N11O7. The normalized spacial score (nSPS) is 20.3. The highest BCUT2D eigenvalue weighted by atomic mass is 16.5. The van der Waals surface area contributed by atoms with Crippen LogP contribution in [0.3, 0.4) is 0 Å². The van der Waals surface area contributed by atoms with Crippen molar-refractivity contribution in [2.24, 2.45) is 12.5 Å². The number of rotatable bonds is 11. The number of nitrogens with zero attached hydrogens (tertiary/aromatic N) is 9. The maximum atomic E-state index is 14.1. The Kier molecular flexibility index (Phi) is 12.6. The predicted octanol–water partition coefficient (Wildman–Crippen LogP) is 5.74.